The van der Waals surface area contributed by atoms with Gasteiger partial charge in [-0.05, 0) is 92.7 Å². The van der Waals surface area contributed by atoms with Gasteiger partial charge in [-0.25, -0.2) is 10.1 Å². The van der Waals surface area contributed by atoms with Gasteiger partial charge in [0.25, 0.3) is 0 Å². The minimum absolute atomic E-state index is 0.0309. The highest BCUT2D eigenvalue weighted by atomic mass is 19.3. The van der Waals surface area contributed by atoms with Crippen molar-refractivity contribution in [2.45, 2.75) is 45.1 Å². The van der Waals surface area contributed by atoms with Crippen LogP contribution in [0.5, 0.6) is 5.75 Å². The first kappa shape index (κ1) is 22.9. The number of alkyl halides is 2. The molecule has 4 aliphatic rings. The van der Waals surface area contributed by atoms with Gasteiger partial charge in [-0.3, -0.25) is 4.79 Å². The van der Waals surface area contributed by atoms with Gasteiger partial charge >= 0.3 is 6.61 Å². The van der Waals surface area contributed by atoms with Crippen LogP contribution < -0.4 is 10.2 Å². The van der Waals surface area contributed by atoms with Crippen LogP contribution >= 0.6 is 0 Å². The molecule has 2 aromatic carbocycles. The van der Waals surface area contributed by atoms with E-state index < -0.39 is 6.61 Å². The van der Waals surface area contributed by atoms with E-state index in [0.717, 1.165) is 30.5 Å². The van der Waals surface area contributed by atoms with Crippen LogP contribution in [0.1, 0.15) is 44.1 Å². The minimum atomic E-state index is -2.88. The van der Waals surface area contributed by atoms with Crippen LogP contribution in [0.2, 0.25) is 0 Å². The predicted molar refractivity (Wildman–Crippen MR) is 132 cm³/mol. The summed E-state index contributed by atoms with van der Waals surface area (Å²) < 4.78 is 31.3. The second-order valence-electron chi connectivity index (χ2n) is 10.5. The van der Waals surface area contributed by atoms with E-state index in [-0.39, 0.29) is 17.1 Å². The second-order valence-corrected chi connectivity index (χ2v) is 10.5. The van der Waals surface area contributed by atoms with E-state index in [4.69, 9.17) is 5.10 Å². The molecule has 1 N–H and O–H groups in total. The highest BCUT2D eigenvalue weighted by Crippen LogP contribution is 2.60. The number of hydrazone groups is 1. The molecule has 4 saturated carbocycles. The van der Waals surface area contributed by atoms with Gasteiger partial charge in [-0.2, -0.15) is 19.0 Å². The number of halogens is 2. The largest absolute Gasteiger partial charge is 0.435 e. The number of amides is 1. The summed E-state index contributed by atoms with van der Waals surface area (Å²) in [4.78, 5) is 13.3. The van der Waals surface area contributed by atoms with E-state index in [2.05, 4.69) is 15.3 Å². The van der Waals surface area contributed by atoms with Gasteiger partial charge < -0.3 is 4.74 Å². The Morgan fingerprint density at radius 2 is 1.67 bits per heavy atom. The second kappa shape index (κ2) is 9.15. The van der Waals surface area contributed by atoms with Crippen molar-refractivity contribution in [2.24, 2.45) is 28.3 Å². The normalized spacial score (nSPS) is 26.6. The van der Waals surface area contributed by atoms with Crippen LogP contribution in [0.3, 0.4) is 0 Å². The number of carbonyl (C=O) groups excluding carboxylic acids is 1. The number of hydrogen-bond donors (Lipinski definition) is 1. The number of ether oxygens (including phenoxy) is 1. The van der Waals surface area contributed by atoms with Gasteiger partial charge in [0.15, 0.2) is 0 Å². The first-order valence-corrected chi connectivity index (χ1v) is 12.5. The monoisotopic (exact) mass is 490 g/mol. The fraction of sp³-hybridized carbons (Fsp3) is 0.393. The molecule has 1 aromatic heterocycles. The van der Waals surface area contributed by atoms with Crippen LogP contribution in [0.15, 0.2) is 65.9 Å². The van der Waals surface area contributed by atoms with Crippen molar-refractivity contribution in [1.82, 2.24) is 15.2 Å². The predicted octanol–water partition coefficient (Wildman–Crippen LogP) is 5.81. The van der Waals surface area contributed by atoms with E-state index in [1.807, 2.05) is 36.5 Å². The quantitative estimate of drug-likeness (QED) is 0.336. The maximum Gasteiger partial charge on any atom is 0.387 e. The number of rotatable bonds is 7. The summed E-state index contributed by atoms with van der Waals surface area (Å²) in [5.74, 6) is 2.15. The lowest BCUT2D eigenvalue weighted by molar-refractivity contribution is -0.146. The third kappa shape index (κ3) is 4.40. The molecule has 0 spiro atoms. The first-order valence-electron chi connectivity index (χ1n) is 12.5. The highest BCUT2D eigenvalue weighted by molar-refractivity contribution is 5.90. The fourth-order valence-corrected chi connectivity index (χ4v) is 6.88. The van der Waals surface area contributed by atoms with Crippen molar-refractivity contribution >= 4 is 12.1 Å². The number of benzene rings is 2. The molecule has 0 aliphatic heterocycles. The van der Waals surface area contributed by atoms with E-state index in [1.165, 1.54) is 31.4 Å². The van der Waals surface area contributed by atoms with Crippen molar-refractivity contribution in [3.05, 3.63) is 66.4 Å². The zero-order chi connectivity index (χ0) is 24.7. The molecule has 4 aliphatic carbocycles. The summed E-state index contributed by atoms with van der Waals surface area (Å²) in [6.07, 6.45) is 10.2. The van der Waals surface area contributed by atoms with Crippen molar-refractivity contribution in [3.63, 3.8) is 0 Å². The summed E-state index contributed by atoms with van der Waals surface area (Å²) in [7, 11) is 0. The zero-order valence-electron chi connectivity index (χ0n) is 19.8. The number of carbonyl (C=O) groups is 1. The molecule has 0 atom stereocenters. The van der Waals surface area contributed by atoms with Crippen LogP contribution in [-0.4, -0.2) is 28.5 Å². The molecule has 0 saturated heterocycles. The van der Waals surface area contributed by atoms with Crippen molar-refractivity contribution < 1.29 is 18.3 Å². The van der Waals surface area contributed by atoms with Crippen molar-refractivity contribution in [1.29, 1.82) is 0 Å². The number of nitrogens with one attached hydrogen (secondary N) is 1. The number of para-hydroxylation sites is 1. The standard InChI is InChI=1S/C28H28F2N4O2/c29-27(30)36-24-8-6-21(7-9-24)25-22(17-34(33-25)23-4-2-1-3-5-23)16-31-32-26(35)28-13-18-10-19(14-28)12-20(11-18)15-28/h1-9,16-20,27H,10-15H2,(H,32,35)/b31-16+. The lowest BCUT2D eigenvalue weighted by atomic mass is 9.49. The van der Waals surface area contributed by atoms with E-state index in [9.17, 15) is 13.6 Å². The van der Waals surface area contributed by atoms with Gasteiger partial charge in [0.1, 0.15) is 11.4 Å². The lowest BCUT2D eigenvalue weighted by Crippen LogP contribution is -2.52. The van der Waals surface area contributed by atoms with E-state index in [1.54, 1.807) is 23.0 Å². The Labute approximate surface area is 208 Å². The van der Waals surface area contributed by atoms with Gasteiger partial charge in [-0.1, -0.05) is 18.2 Å². The summed E-state index contributed by atoms with van der Waals surface area (Å²) in [5, 5.41) is 9.06. The Bertz CT molecular complexity index is 1240. The summed E-state index contributed by atoms with van der Waals surface area (Å²) in [5.41, 5.74) is 5.48. The third-order valence-electron chi connectivity index (χ3n) is 8.01. The van der Waals surface area contributed by atoms with Crippen LogP contribution in [0.4, 0.5) is 8.78 Å². The average molecular weight is 491 g/mol. The van der Waals surface area contributed by atoms with Gasteiger partial charge in [0, 0.05) is 17.3 Å². The molecule has 3 aromatic rings. The van der Waals surface area contributed by atoms with Crippen molar-refractivity contribution in [2.75, 3.05) is 0 Å². The Morgan fingerprint density at radius 3 is 2.28 bits per heavy atom. The maximum absolute atomic E-state index is 13.3. The molecular formula is C28H28F2N4O2. The van der Waals surface area contributed by atoms with Gasteiger partial charge in [-0.15, -0.1) is 0 Å². The minimum Gasteiger partial charge on any atom is -0.435 e. The molecule has 0 unspecified atom stereocenters. The number of nitrogens with zero attached hydrogens (tertiary/aromatic N) is 3. The lowest BCUT2D eigenvalue weighted by Gasteiger charge is -2.55. The third-order valence-corrected chi connectivity index (χ3v) is 8.01. The van der Waals surface area contributed by atoms with Gasteiger partial charge in [0.05, 0.1) is 17.3 Å². The van der Waals surface area contributed by atoms with E-state index >= 15 is 0 Å². The molecule has 7 rings (SSSR count). The summed E-state index contributed by atoms with van der Waals surface area (Å²) in [6, 6.07) is 16.0. The number of aromatic nitrogens is 2. The zero-order valence-corrected chi connectivity index (χ0v) is 19.8. The Hall–Kier alpha value is -3.55. The molecule has 8 heteroatoms. The van der Waals surface area contributed by atoms with E-state index in [0.29, 0.717) is 29.0 Å². The van der Waals surface area contributed by atoms with Gasteiger partial charge in [0.2, 0.25) is 5.91 Å². The Morgan fingerprint density at radius 1 is 1.03 bits per heavy atom. The molecule has 36 heavy (non-hydrogen) atoms. The molecule has 4 fully saturated rings. The Balaban J connectivity index is 1.25. The molecule has 186 valence electrons. The Kier molecular flexibility index (Phi) is 5.82. The fourth-order valence-electron chi connectivity index (χ4n) is 6.88. The van der Waals surface area contributed by atoms with Crippen LogP contribution in [0.25, 0.3) is 16.9 Å². The SMILES string of the molecule is O=C(N/N=C/c1cn(-c2ccccc2)nc1-c1ccc(OC(F)F)cc1)C12CC3CC(CC(C3)C1)C2. The molecule has 1 amide bonds. The first-order chi connectivity index (χ1) is 17.5. The maximum atomic E-state index is 13.3. The van der Waals surface area contributed by atoms with Crippen molar-refractivity contribution in [3.8, 4) is 22.7 Å². The molecular weight excluding hydrogens is 462 g/mol. The summed E-state index contributed by atoms with van der Waals surface area (Å²) >= 11 is 0. The van der Waals surface area contributed by atoms with Crippen LogP contribution in [0, 0.1) is 23.2 Å². The number of hydrogen-bond acceptors (Lipinski definition) is 4. The topological polar surface area (TPSA) is 68.5 Å². The smallest absolute Gasteiger partial charge is 0.387 e. The molecule has 0 radical (unpaired) electrons. The van der Waals surface area contributed by atoms with Crippen LogP contribution in [-0.2, 0) is 4.79 Å². The molecule has 1 heterocycles. The molecule has 6 nitrogen and oxygen atoms in total. The average Bonchev–Trinajstić information content (AvgIpc) is 3.28. The molecule has 4 bridgehead atoms. The summed E-state index contributed by atoms with van der Waals surface area (Å²) in [6.45, 7) is -2.88. The highest BCUT2D eigenvalue weighted by Gasteiger charge is 2.54.